The molecule has 7 rings (SSSR count). The van der Waals surface area contributed by atoms with Crippen LogP contribution < -0.4 is 10.3 Å². The van der Waals surface area contributed by atoms with E-state index in [2.05, 4.69) is 25.7 Å². The second-order valence-electron chi connectivity index (χ2n) is 10.9. The third-order valence-corrected chi connectivity index (χ3v) is 7.94. The molecular weight excluding hydrogens is 638 g/mol. The van der Waals surface area contributed by atoms with Gasteiger partial charge in [0, 0.05) is 38.8 Å². The summed E-state index contributed by atoms with van der Waals surface area (Å²) in [4.78, 5) is 36.6. The number of amides is 2. The maximum absolute atomic E-state index is 13.9. The molecule has 49 heavy (non-hydrogen) atoms. The van der Waals surface area contributed by atoms with Crippen molar-refractivity contribution in [3.8, 4) is 5.75 Å². The lowest BCUT2D eigenvalue weighted by Crippen LogP contribution is -2.32. The number of H-pyrrole nitrogens is 1. The van der Waals surface area contributed by atoms with Crippen molar-refractivity contribution in [2.45, 2.75) is 0 Å². The molecule has 2 heterocycles. The third kappa shape index (κ3) is 6.62. The monoisotopic (exact) mass is 663 g/mol. The molecule has 238 valence electrons. The van der Waals surface area contributed by atoms with Gasteiger partial charge in [-0.1, -0.05) is 72.3 Å². The minimum Gasteiger partial charge on any atom is -0.507 e. The Labute approximate surface area is 285 Å². The Morgan fingerprint density at radius 3 is 2.35 bits per heavy atom. The van der Waals surface area contributed by atoms with Gasteiger partial charge in [0.25, 0.3) is 11.8 Å². The molecule has 10 nitrogen and oxygen atoms in total. The highest BCUT2D eigenvalue weighted by molar-refractivity contribution is 6.33. The fourth-order valence-electron chi connectivity index (χ4n) is 5.24. The number of hydrogen-bond donors (Lipinski definition) is 3. The highest BCUT2D eigenvalue weighted by Crippen LogP contribution is 2.30. The number of aromatic amines is 1. The summed E-state index contributed by atoms with van der Waals surface area (Å²) in [6.45, 7) is 0. The maximum Gasteiger partial charge on any atom is 0.282 e. The average Bonchev–Trinajstić information content (AvgIpc) is 3.70. The molecule has 11 heteroatoms. The van der Waals surface area contributed by atoms with Gasteiger partial charge in [-0.15, -0.1) is 15.3 Å². The summed E-state index contributed by atoms with van der Waals surface area (Å²) in [5, 5.41) is 24.5. The second kappa shape index (κ2) is 13.6. The smallest absolute Gasteiger partial charge is 0.282 e. The highest BCUT2D eigenvalue weighted by Gasteiger charge is 2.32. The molecule has 0 atom stereocenters. The van der Waals surface area contributed by atoms with Gasteiger partial charge in [-0.25, -0.2) is 10.4 Å². The van der Waals surface area contributed by atoms with Crippen molar-refractivity contribution < 1.29 is 14.7 Å². The van der Waals surface area contributed by atoms with Crippen LogP contribution in [0.5, 0.6) is 5.75 Å². The molecule has 0 unspecified atom stereocenters. The normalized spacial score (nSPS) is 14.2. The first-order valence-corrected chi connectivity index (χ1v) is 15.5. The van der Waals surface area contributed by atoms with Gasteiger partial charge in [-0.3, -0.25) is 14.5 Å². The predicted octanol–water partition coefficient (Wildman–Crippen LogP) is 8.24. The number of aromatic nitrogens is 1. The van der Waals surface area contributed by atoms with Gasteiger partial charge in [0.1, 0.15) is 17.3 Å². The van der Waals surface area contributed by atoms with Crippen LogP contribution in [-0.4, -0.2) is 33.6 Å². The van der Waals surface area contributed by atoms with E-state index in [0.717, 1.165) is 22.0 Å². The van der Waals surface area contributed by atoms with Gasteiger partial charge < -0.3 is 10.1 Å². The van der Waals surface area contributed by atoms with Crippen LogP contribution in [0.3, 0.4) is 0 Å². The molecule has 5 aromatic carbocycles. The number of nitrogens with zero attached hydrogens (tertiary/aromatic N) is 5. The van der Waals surface area contributed by atoms with Crippen LogP contribution in [0.1, 0.15) is 27.0 Å². The van der Waals surface area contributed by atoms with E-state index in [1.54, 1.807) is 72.8 Å². The number of para-hydroxylation sites is 2. The number of aromatic hydroxyl groups is 1. The summed E-state index contributed by atoms with van der Waals surface area (Å²) in [6, 6.07) is 37.0. The van der Waals surface area contributed by atoms with Crippen LogP contribution in [0.2, 0.25) is 5.02 Å². The standard InChI is InChI=1S/C38H26ClN7O3/c39-27-16-18-28(19-17-27)42-43-35(31-11-5-7-13-34(31)47)44-45-37(48)25-14-20-29(21-15-25)46-36(24-8-2-1-3-9-24)41-33(38(46)49)22-26-23-40-32-12-6-4-10-30(26)32/h1-23,40,47H,(H,45,48)/b33-22+,43-42?,44-35-. The zero-order chi connectivity index (χ0) is 33.7. The summed E-state index contributed by atoms with van der Waals surface area (Å²) in [6.07, 6.45) is 3.63. The number of amidine groups is 2. The molecule has 0 spiro atoms. The lowest BCUT2D eigenvalue weighted by molar-refractivity contribution is -0.113. The van der Waals surface area contributed by atoms with E-state index in [4.69, 9.17) is 16.6 Å². The molecule has 0 fully saturated rings. The van der Waals surface area contributed by atoms with Crippen molar-refractivity contribution >= 4 is 63.4 Å². The minimum atomic E-state index is -0.536. The maximum atomic E-state index is 13.9. The number of rotatable bonds is 7. The van der Waals surface area contributed by atoms with E-state index < -0.39 is 5.91 Å². The number of aliphatic imine (C=N–C) groups is 1. The van der Waals surface area contributed by atoms with Crippen LogP contribution in [0, 0.1) is 0 Å². The van der Waals surface area contributed by atoms with E-state index in [1.807, 2.05) is 60.8 Å². The van der Waals surface area contributed by atoms with E-state index >= 15 is 0 Å². The van der Waals surface area contributed by atoms with E-state index in [-0.39, 0.29) is 34.3 Å². The lowest BCUT2D eigenvalue weighted by Gasteiger charge is -2.18. The molecule has 0 aliphatic carbocycles. The van der Waals surface area contributed by atoms with Gasteiger partial charge in [0.15, 0.2) is 0 Å². The number of phenolic OH excluding ortho intramolecular Hbond substituents is 1. The number of azo groups is 1. The molecule has 0 saturated heterocycles. The number of hydrogen-bond acceptors (Lipinski definition) is 6. The fraction of sp³-hybridized carbons (Fsp3) is 0. The Morgan fingerprint density at radius 2 is 1.57 bits per heavy atom. The Balaban J connectivity index is 1.16. The van der Waals surface area contributed by atoms with Gasteiger partial charge in [0.05, 0.1) is 16.9 Å². The number of hydrazone groups is 1. The van der Waals surface area contributed by atoms with Crippen molar-refractivity contribution in [1.29, 1.82) is 0 Å². The molecule has 3 N–H and O–H groups in total. The fourth-order valence-corrected chi connectivity index (χ4v) is 5.37. The highest BCUT2D eigenvalue weighted by atomic mass is 35.5. The second-order valence-corrected chi connectivity index (χ2v) is 11.3. The Kier molecular flexibility index (Phi) is 8.60. The molecular formula is C38H26ClN7O3. The van der Waals surface area contributed by atoms with Crippen LogP contribution in [0.25, 0.3) is 17.0 Å². The molecule has 2 amide bonds. The zero-order valence-corrected chi connectivity index (χ0v) is 26.4. The number of carbonyl (C=O) groups excluding carboxylic acids is 2. The first-order valence-electron chi connectivity index (χ1n) is 15.1. The first kappa shape index (κ1) is 31.0. The Bertz CT molecular complexity index is 2310. The van der Waals surface area contributed by atoms with Crippen molar-refractivity contribution in [1.82, 2.24) is 10.4 Å². The summed E-state index contributed by atoms with van der Waals surface area (Å²) in [5.74, 6) is -0.468. The summed E-state index contributed by atoms with van der Waals surface area (Å²) in [5.41, 5.74) is 6.93. The largest absolute Gasteiger partial charge is 0.507 e. The van der Waals surface area contributed by atoms with Gasteiger partial charge in [-0.2, -0.15) is 0 Å². The third-order valence-electron chi connectivity index (χ3n) is 7.69. The topological polar surface area (TPSA) is 135 Å². The van der Waals surface area contributed by atoms with E-state index in [0.29, 0.717) is 22.2 Å². The SMILES string of the molecule is O=C(N/N=C(\N=Nc1ccc(Cl)cc1)c1ccccc1O)c1ccc(N2C(=O)/C(=C\c3c[nH]c4ccccc34)N=C2c2ccccc2)cc1. The summed E-state index contributed by atoms with van der Waals surface area (Å²) < 4.78 is 0. The molecule has 1 aliphatic heterocycles. The number of anilines is 1. The molecule has 1 aromatic heterocycles. The Morgan fingerprint density at radius 1 is 0.857 bits per heavy atom. The van der Waals surface area contributed by atoms with Crippen LogP contribution >= 0.6 is 11.6 Å². The van der Waals surface area contributed by atoms with Gasteiger partial charge in [0.2, 0.25) is 5.84 Å². The average molecular weight is 664 g/mol. The van der Waals surface area contributed by atoms with E-state index in [1.165, 1.54) is 11.0 Å². The minimum absolute atomic E-state index is 0.0149. The molecule has 0 saturated carbocycles. The number of fused-ring (bicyclic) bond motifs is 1. The first-order chi connectivity index (χ1) is 23.9. The van der Waals surface area contributed by atoms with Crippen molar-refractivity contribution in [2.75, 3.05) is 4.90 Å². The zero-order valence-electron chi connectivity index (χ0n) is 25.7. The van der Waals surface area contributed by atoms with Crippen LogP contribution in [0.15, 0.2) is 160 Å². The number of carbonyl (C=O) groups is 2. The number of benzene rings is 5. The molecule has 0 radical (unpaired) electrons. The molecule has 1 aliphatic rings. The van der Waals surface area contributed by atoms with Crippen molar-refractivity contribution in [2.24, 2.45) is 20.3 Å². The van der Waals surface area contributed by atoms with Crippen LogP contribution in [-0.2, 0) is 4.79 Å². The number of halogens is 1. The number of phenols is 1. The van der Waals surface area contributed by atoms with Gasteiger partial charge in [-0.05, 0) is 72.8 Å². The van der Waals surface area contributed by atoms with E-state index in [9.17, 15) is 14.7 Å². The summed E-state index contributed by atoms with van der Waals surface area (Å²) >= 11 is 5.97. The van der Waals surface area contributed by atoms with Crippen molar-refractivity contribution in [3.05, 3.63) is 167 Å². The quantitative estimate of drug-likeness (QED) is 0.0522. The predicted molar refractivity (Wildman–Crippen MR) is 191 cm³/mol. The summed E-state index contributed by atoms with van der Waals surface area (Å²) in [7, 11) is 0. The lowest BCUT2D eigenvalue weighted by atomic mass is 10.1. The Hall–Kier alpha value is -6.65. The van der Waals surface area contributed by atoms with Crippen molar-refractivity contribution in [3.63, 3.8) is 0 Å². The molecule has 0 bridgehead atoms. The molecule has 6 aromatic rings. The van der Waals surface area contributed by atoms with Crippen LogP contribution in [0.4, 0.5) is 11.4 Å². The number of nitrogens with one attached hydrogen (secondary N) is 2. The van der Waals surface area contributed by atoms with Gasteiger partial charge >= 0.3 is 0 Å².